The number of carbonyl (C=O) groups excluding carboxylic acids is 2. The fourth-order valence-corrected chi connectivity index (χ4v) is 2.82. The van der Waals surface area contributed by atoms with Crippen LogP contribution in [-0.2, 0) is 4.74 Å². The van der Waals surface area contributed by atoms with E-state index in [1.807, 2.05) is 0 Å². The van der Waals surface area contributed by atoms with Crippen LogP contribution in [0.1, 0.15) is 73.6 Å². The maximum atomic E-state index is 12.2. The van der Waals surface area contributed by atoms with Gasteiger partial charge in [0.2, 0.25) is 0 Å². The van der Waals surface area contributed by atoms with Gasteiger partial charge in [-0.1, -0.05) is 52.2 Å². The first-order valence-corrected chi connectivity index (χ1v) is 8.93. The van der Waals surface area contributed by atoms with E-state index in [0.717, 1.165) is 45.3 Å². The average molecular weight is 331 g/mol. The van der Waals surface area contributed by atoms with Crippen molar-refractivity contribution in [3.05, 3.63) is 35.4 Å². The lowest BCUT2D eigenvalue weighted by Crippen LogP contribution is -2.30. The molecule has 1 aromatic rings. The quantitative estimate of drug-likeness (QED) is 0.501. The van der Waals surface area contributed by atoms with Crippen molar-refractivity contribution in [1.82, 2.24) is 4.90 Å². The monoisotopic (exact) mass is 331 g/mol. The highest BCUT2D eigenvalue weighted by Gasteiger charge is 2.34. The summed E-state index contributed by atoms with van der Waals surface area (Å²) in [6, 6.07) is 7.06. The number of nitrogens with zero attached hydrogens (tertiary/aromatic N) is 1. The molecule has 0 saturated heterocycles. The summed E-state index contributed by atoms with van der Waals surface area (Å²) in [5, 5.41) is 0. The van der Waals surface area contributed by atoms with Crippen LogP contribution in [0.2, 0.25) is 0 Å². The summed E-state index contributed by atoms with van der Waals surface area (Å²) in [6.45, 7) is 8.65. The fraction of sp³-hybridized carbons (Fsp3) is 0.600. The molecule has 0 unspecified atom stereocenters. The summed E-state index contributed by atoms with van der Waals surface area (Å²) in [5.74, 6) is -0.294. The van der Waals surface area contributed by atoms with Crippen LogP contribution in [-0.4, -0.2) is 36.5 Å². The van der Waals surface area contributed by atoms with Crippen LogP contribution in [0.25, 0.3) is 0 Å². The van der Waals surface area contributed by atoms with Gasteiger partial charge in [0.25, 0.3) is 11.8 Å². The molecule has 0 atom stereocenters. The maximum Gasteiger partial charge on any atom is 0.261 e. The Labute approximate surface area is 145 Å². The second-order valence-electron chi connectivity index (χ2n) is 7.69. The number of benzene rings is 1. The van der Waals surface area contributed by atoms with Crippen molar-refractivity contribution in [2.24, 2.45) is 5.41 Å². The highest BCUT2D eigenvalue weighted by Crippen LogP contribution is 2.22. The van der Waals surface area contributed by atoms with E-state index in [1.165, 1.54) is 4.90 Å². The van der Waals surface area contributed by atoms with Crippen molar-refractivity contribution < 1.29 is 14.3 Å². The number of hydrogen-bond acceptors (Lipinski definition) is 3. The fourth-order valence-electron chi connectivity index (χ4n) is 2.82. The molecule has 0 aliphatic carbocycles. The van der Waals surface area contributed by atoms with E-state index >= 15 is 0 Å². The Kier molecular flexibility index (Phi) is 6.55. The number of amides is 2. The molecule has 0 aromatic heterocycles. The van der Waals surface area contributed by atoms with Gasteiger partial charge in [0.15, 0.2) is 0 Å². The van der Waals surface area contributed by atoms with Gasteiger partial charge in [-0.05, 0) is 30.4 Å². The van der Waals surface area contributed by atoms with Crippen molar-refractivity contribution >= 4 is 11.8 Å². The summed E-state index contributed by atoms with van der Waals surface area (Å²) in [7, 11) is 0. The van der Waals surface area contributed by atoms with E-state index in [9.17, 15) is 9.59 Å². The van der Waals surface area contributed by atoms with Crippen molar-refractivity contribution in [3.63, 3.8) is 0 Å². The minimum Gasteiger partial charge on any atom is -0.381 e. The average Bonchev–Trinajstić information content (AvgIpc) is 2.77. The van der Waals surface area contributed by atoms with Gasteiger partial charge in [0.05, 0.1) is 17.7 Å². The molecule has 132 valence electrons. The lowest BCUT2D eigenvalue weighted by molar-refractivity contribution is 0.0649. The number of ether oxygens (including phenoxy) is 1. The number of carbonyl (C=O) groups is 2. The Bertz CT molecular complexity index is 539. The predicted molar refractivity (Wildman–Crippen MR) is 95.2 cm³/mol. The van der Waals surface area contributed by atoms with Gasteiger partial charge in [-0.25, -0.2) is 0 Å². The van der Waals surface area contributed by atoms with Crippen LogP contribution in [0.3, 0.4) is 0 Å². The van der Waals surface area contributed by atoms with E-state index in [1.54, 1.807) is 24.3 Å². The minimum absolute atomic E-state index is 0.147. The van der Waals surface area contributed by atoms with Crippen molar-refractivity contribution in [1.29, 1.82) is 0 Å². The van der Waals surface area contributed by atoms with E-state index in [2.05, 4.69) is 20.8 Å². The van der Waals surface area contributed by atoms with Crippen LogP contribution < -0.4 is 0 Å². The van der Waals surface area contributed by atoms with Crippen LogP contribution in [0.15, 0.2) is 24.3 Å². The van der Waals surface area contributed by atoms with E-state index in [4.69, 9.17) is 4.74 Å². The predicted octanol–water partition coefficient (Wildman–Crippen LogP) is 4.30. The summed E-state index contributed by atoms with van der Waals surface area (Å²) >= 11 is 0. The second kappa shape index (κ2) is 8.43. The molecule has 0 radical (unpaired) electrons. The van der Waals surface area contributed by atoms with Crippen LogP contribution in [0, 0.1) is 5.41 Å². The maximum absolute atomic E-state index is 12.2. The summed E-state index contributed by atoms with van der Waals surface area (Å²) in [4.78, 5) is 25.8. The van der Waals surface area contributed by atoms with Gasteiger partial charge in [-0.15, -0.1) is 0 Å². The number of hydrogen-bond donors (Lipinski definition) is 0. The van der Waals surface area contributed by atoms with Crippen molar-refractivity contribution in [3.8, 4) is 0 Å². The Morgan fingerprint density at radius 3 is 2.00 bits per heavy atom. The van der Waals surface area contributed by atoms with Crippen molar-refractivity contribution in [2.45, 2.75) is 52.9 Å². The smallest absolute Gasteiger partial charge is 0.261 e. The molecule has 1 aromatic carbocycles. The zero-order valence-corrected chi connectivity index (χ0v) is 15.1. The molecule has 0 fully saturated rings. The lowest BCUT2D eigenvalue weighted by Gasteiger charge is -2.17. The van der Waals surface area contributed by atoms with E-state index < -0.39 is 0 Å². The molecular weight excluding hydrogens is 302 g/mol. The molecule has 1 aliphatic rings. The third-order valence-corrected chi connectivity index (χ3v) is 4.08. The lowest BCUT2D eigenvalue weighted by atomic mass is 9.99. The van der Waals surface area contributed by atoms with Gasteiger partial charge in [-0.3, -0.25) is 14.5 Å². The molecule has 1 heterocycles. The molecule has 4 heteroatoms. The third kappa shape index (κ3) is 5.17. The molecular formula is C20H29NO3. The van der Waals surface area contributed by atoms with Crippen LogP contribution in [0.5, 0.6) is 0 Å². The highest BCUT2D eigenvalue weighted by molar-refractivity contribution is 6.21. The Balaban J connectivity index is 1.58. The molecule has 0 saturated carbocycles. The summed E-state index contributed by atoms with van der Waals surface area (Å²) in [5.41, 5.74) is 1.31. The number of unbranched alkanes of at least 4 members (excludes halogenated alkanes) is 4. The molecule has 2 amide bonds. The standard InChI is InChI=1S/C20H29NO3/c1-20(2,3)15-24-14-10-6-4-5-9-13-21-18(22)16-11-7-8-12-17(16)19(21)23/h7-8,11-12H,4-6,9-10,13-15H2,1-3H3. The van der Waals surface area contributed by atoms with Crippen molar-refractivity contribution in [2.75, 3.05) is 19.8 Å². The third-order valence-electron chi connectivity index (χ3n) is 4.08. The number of rotatable bonds is 9. The summed E-state index contributed by atoms with van der Waals surface area (Å²) < 4.78 is 5.65. The molecule has 0 bridgehead atoms. The van der Waals surface area contributed by atoms with Crippen LogP contribution in [0.4, 0.5) is 0 Å². The number of fused-ring (bicyclic) bond motifs is 1. The first-order chi connectivity index (χ1) is 11.4. The molecule has 2 rings (SSSR count). The largest absolute Gasteiger partial charge is 0.381 e. The first kappa shape index (κ1) is 18.7. The second-order valence-corrected chi connectivity index (χ2v) is 7.69. The zero-order chi connectivity index (χ0) is 17.6. The highest BCUT2D eigenvalue weighted by atomic mass is 16.5. The van der Waals surface area contributed by atoms with Gasteiger partial charge in [0, 0.05) is 13.2 Å². The number of imide groups is 1. The van der Waals surface area contributed by atoms with Gasteiger partial charge in [-0.2, -0.15) is 0 Å². The van der Waals surface area contributed by atoms with E-state index in [0.29, 0.717) is 17.7 Å². The molecule has 0 N–H and O–H groups in total. The summed E-state index contributed by atoms with van der Waals surface area (Å²) in [6.07, 6.45) is 5.22. The van der Waals surface area contributed by atoms with Gasteiger partial charge < -0.3 is 4.74 Å². The van der Waals surface area contributed by atoms with Gasteiger partial charge in [0.1, 0.15) is 0 Å². The van der Waals surface area contributed by atoms with Crippen LogP contribution >= 0.6 is 0 Å². The first-order valence-electron chi connectivity index (χ1n) is 8.93. The Morgan fingerprint density at radius 2 is 1.42 bits per heavy atom. The zero-order valence-electron chi connectivity index (χ0n) is 15.1. The normalized spacial score (nSPS) is 14.4. The Hall–Kier alpha value is -1.68. The van der Waals surface area contributed by atoms with E-state index in [-0.39, 0.29) is 17.2 Å². The minimum atomic E-state index is -0.147. The topological polar surface area (TPSA) is 46.6 Å². The van der Waals surface area contributed by atoms with Gasteiger partial charge >= 0.3 is 0 Å². The Morgan fingerprint density at radius 1 is 0.875 bits per heavy atom. The SMILES string of the molecule is CC(C)(C)COCCCCCCCN1C(=O)c2ccccc2C1=O. The molecule has 1 aliphatic heterocycles. The molecule has 4 nitrogen and oxygen atoms in total. The molecule has 0 spiro atoms. The molecule has 24 heavy (non-hydrogen) atoms.